The first-order chi connectivity index (χ1) is 10.7. The summed E-state index contributed by atoms with van der Waals surface area (Å²) in [6.45, 7) is 0. The number of aromatic nitrogens is 1. The van der Waals surface area contributed by atoms with E-state index in [0.29, 0.717) is 17.1 Å². The second kappa shape index (κ2) is 5.73. The van der Waals surface area contributed by atoms with Crippen molar-refractivity contribution >= 4 is 16.8 Å². The number of hydrogen-bond acceptors (Lipinski definition) is 4. The molecule has 0 fully saturated rings. The van der Waals surface area contributed by atoms with E-state index < -0.39 is 5.91 Å². The third-order valence-electron chi connectivity index (χ3n) is 3.28. The highest BCUT2D eigenvalue weighted by atomic mass is 16.5. The average molecular weight is 294 g/mol. The van der Waals surface area contributed by atoms with Crippen molar-refractivity contribution in [2.75, 3.05) is 7.11 Å². The van der Waals surface area contributed by atoms with Crippen molar-refractivity contribution in [3.05, 3.63) is 60.3 Å². The number of hydrogen-bond donors (Lipinski definition) is 1. The largest absolute Gasteiger partial charge is 0.497 e. The van der Waals surface area contributed by atoms with Crippen LogP contribution in [0, 0.1) is 0 Å². The number of methoxy groups -OCH3 is 1. The number of ether oxygens (including phenoxy) is 2. The molecule has 0 saturated carbocycles. The van der Waals surface area contributed by atoms with E-state index in [2.05, 4.69) is 4.98 Å². The van der Waals surface area contributed by atoms with E-state index in [1.54, 1.807) is 43.6 Å². The third kappa shape index (κ3) is 2.69. The Labute approximate surface area is 127 Å². The second-order valence-electron chi connectivity index (χ2n) is 4.68. The van der Waals surface area contributed by atoms with Gasteiger partial charge in [-0.2, -0.15) is 0 Å². The van der Waals surface area contributed by atoms with Gasteiger partial charge in [0, 0.05) is 23.2 Å². The van der Waals surface area contributed by atoms with Gasteiger partial charge in [0.15, 0.2) is 0 Å². The van der Waals surface area contributed by atoms with E-state index in [1.165, 1.54) is 0 Å². The number of rotatable bonds is 4. The number of nitrogens with two attached hydrogens (primary N) is 1. The maximum absolute atomic E-state index is 11.1. The highest BCUT2D eigenvalue weighted by Gasteiger charge is 2.06. The van der Waals surface area contributed by atoms with E-state index >= 15 is 0 Å². The van der Waals surface area contributed by atoms with Gasteiger partial charge in [-0.15, -0.1) is 0 Å². The van der Waals surface area contributed by atoms with Gasteiger partial charge in [-0.1, -0.05) is 0 Å². The molecule has 5 heteroatoms. The Hall–Kier alpha value is -3.08. The minimum atomic E-state index is -0.465. The Bertz CT molecular complexity index is 829. The molecule has 22 heavy (non-hydrogen) atoms. The van der Waals surface area contributed by atoms with Crippen molar-refractivity contribution in [3.8, 4) is 17.2 Å². The molecule has 0 atom stereocenters. The van der Waals surface area contributed by atoms with Gasteiger partial charge in [-0.25, -0.2) is 0 Å². The summed E-state index contributed by atoms with van der Waals surface area (Å²) in [6, 6.07) is 14.1. The van der Waals surface area contributed by atoms with E-state index in [9.17, 15) is 4.79 Å². The van der Waals surface area contributed by atoms with Crippen LogP contribution >= 0.6 is 0 Å². The van der Waals surface area contributed by atoms with Gasteiger partial charge in [-0.05, 0) is 42.5 Å². The Morgan fingerprint density at radius 3 is 2.45 bits per heavy atom. The molecular formula is C17H14N2O3. The molecule has 1 amide bonds. The lowest BCUT2D eigenvalue weighted by atomic mass is 10.2. The van der Waals surface area contributed by atoms with Crippen molar-refractivity contribution in [3.63, 3.8) is 0 Å². The number of nitrogens with zero attached hydrogens (tertiary/aromatic N) is 1. The molecule has 0 unspecified atom stereocenters. The third-order valence-corrected chi connectivity index (χ3v) is 3.28. The minimum Gasteiger partial charge on any atom is -0.497 e. The molecule has 1 aromatic heterocycles. The normalized spacial score (nSPS) is 10.4. The van der Waals surface area contributed by atoms with Crippen LogP contribution in [0.3, 0.4) is 0 Å². The Morgan fingerprint density at radius 1 is 1.05 bits per heavy atom. The van der Waals surface area contributed by atoms with Crippen molar-refractivity contribution in [2.24, 2.45) is 5.73 Å². The van der Waals surface area contributed by atoms with E-state index in [-0.39, 0.29) is 0 Å². The van der Waals surface area contributed by atoms with E-state index in [4.69, 9.17) is 15.2 Å². The predicted octanol–water partition coefficient (Wildman–Crippen LogP) is 3.13. The van der Waals surface area contributed by atoms with Gasteiger partial charge < -0.3 is 15.2 Å². The average Bonchev–Trinajstić information content (AvgIpc) is 2.55. The van der Waals surface area contributed by atoms with Gasteiger partial charge >= 0.3 is 0 Å². The minimum absolute atomic E-state index is 0.441. The van der Waals surface area contributed by atoms with Gasteiger partial charge in [-0.3, -0.25) is 9.78 Å². The summed E-state index contributed by atoms with van der Waals surface area (Å²) in [7, 11) is 1.61. The molecule has 110 valence electrons. The number of fused-ring (bicyclic) bond motifs is 1. The highest BCUT2D eigenvalue weighted by Crippen LogP contribution is 2.30. The fourth-order valence-corrected chi connectivity index (χ4v) is 2.13. The Morgan fingerprint density at radius 2 is 1.77 bits per heavy atom. The summed E-state index contributed by atoms with van der Waals surface area (Å²) in [4.78, 5) is 15.4. The summed E-state index contributed by atoms with van der Waals surface area (Å²) < 4.78 is 11.1. The van der Waals surface area contributed by atoms with E-state index in [0.717, 1.165) is 16.7 Å². The van der Waals surface area contributed by atoms with Crippen LogP contribution in [0.1, 0.15) is 10.4 Å². The van der Waals surface area contributed by atoms with Crippen LogP contribution in [0.25, 0.3) is 10.9 Å². The van der Waals surface area contributed by atoms with Gasteiger partial charge in [0.2, 0.25) is 5.91 Å². The van der Waals surface area contributed by atoms with Crippen LogP contribution in [0.5, 0.6) is 17.2 Å². The maximum Gasteiger partial charge on any atom is 0.248 e. The monoisotopic (exact) mass is 294 g/mol. The smallest absolute Gasteiger partial charge is 0.248 e. The van der Waals surface area contributed by atoms with Crippen LogP contribution in [-0.4, -0.2) is 18.0 Å². The molecule has 0 bridgehead atoms. The van der Waals surface area contributed by atoms with Crippen molar-refractivity contribution in [1.29, 1.82) is 0 Å². The summed E-state index contributed by atoms with van der Waals surface area (Å²) in [6.07, 6.45) is 1.68. The number of carbonyl (C=O) groups is 1. The summed E-state index contributed by atoms with van der Waals surface area (Å²) in [5, 5.41) is 0.877. The fraction of sp³-hybridized carbons (Fsp3) is 0.0588. The zero-order valence-electron chi connectivity index (χ0n) is 11.9. The molecule has 0 spiro atoms. The number of pyridine rings is 1. The quantitative estimate of drug-likeness (QED) is 0.802. The predicted molar refractivity (Wildman–Crippen MR) is 83.3 cm³/mol. The van der Waals surface area contributed by atoms with Gasteiger partial charge in [0.05, 0.1) is 12.6 Å². The van der Waals surface area contributed by atoms with E-state index in [1.807, 2.05) is 18.2 Å². The lowest BCUT2D eigenvalue weighted by molar-refractivity contribution is 0.100. The molecule has 0 radical (unpaired) electrons. The first-order valence-electron chi connectivity index (χ1n) is 6.68. The molecular weight excluding hydrogens is 280 g/mol. The zero-order valence-corrected chi connectivity index (χ0v) is 11.9. The molecule has 0 saturated heterocycles. The van der Waals surface area contributed by atoms with Gasteiger partial charge in [0.1, 0.15) is 17.2 Å². The number of benzene rings is 2. The molecule has 0 aliphatic carbocycles. The van der Waals surface area contributed by atoms with Crippen LogP contribution in [0.4, 0.5) is 0 Å². The van der Waals surface area contributed by atoms with Crippen LogP contribution < -0.4 is 15.2 Å². The van der Waals surface area contributed by atoms with Gasteiger partial charge in [0.25, 0.3) is 0 Å². The van der Waals surface area contributed by atoms with Crippen LogP contribution in [0.15, 0.2) is 54.7 Å². The molecule has 1 heterocycles. The Balaban J connectivity index is 1.94. The zero-order chi connectivity index (χ0) is 15.5. The number of primary amides is 1. The lowest BCUT2D eigenvalue weighted by Crippen LogP contribution is -2.10. The molecule has 3 aromatic rings. The molecule has 2 aromatic carbocycles. The molecule has 2 N–H and O–H groups in total. The van der Waals surface area contributed by atoms with Crippen LogP contribution in [-0.2, 0) is 0 Å². The number of amides is 1. The first-order valence-corrected chi connectivity index (χ1v) is 6.68. The standard InChI is InChI=1S/C17H14N2O3/c1-21-13-6-7-14-15(10-13)19-9-8-16(14)22-12-4-2-11(3-5-12)17(18)20/h2-10H,1H3,(H2,18,20). The molecule has 5 nitrogen and oxygen atoms in total. The summed E-state index contributed by atoms with van der Waals surface area (Å²) in [5.74, 6) is 1.57. The highest BCUT2D eigenvalue weighted by molar-refractivity contribution is 5.92. The summed E-state index contributed by atoms with van der Waals surface area (Å²) >= 11 is 0. The molecule has 0 aliphatic heterocycles. The second-order valence-corrected chi connectivity index (χ2v) is 4.68. The Kier molecular flexibility index (Phi) is 3.62. The fourth-order valence-electron chi connectivity index (χ4n) is 2.13. The lowest BCUT2D eigenvalue weighted by Gasteiger charge is -2.09. The number of carbonyl (C=O) groups excluding carboxylic acids is 1. The first kappa shape index (κ1) is 13.9. The summed E-state index contributed by atoms with van der Waals surface area (Å²) in [5.41, 5.74) is 6.44. The van der Waals surface area contributed by atoms with Crippen molar-refractivity contribution < 1.29 is 14.3 Å². The SMILES string of the molecule is COc1ccc2c(Oc3ccc(C(N)=O)cc3)ccnc2c1. The molecule has 3 rings (SSSR count). The van der Waals surface area contributed by atoms with Crippen LogP contribution in [0.2, 0.25) is 0 Å². The molecule has 0 aliphatic rings. The maximum atomic E-state index is 11.1. The topological polar surface area (TPSA) is 74.4 Å². The van der Waals surface area contributed by atoms with Crippen molar-refractivity contribution in [2.45, 2.75) is 0 Å². The van der Waals surface area contributed by atoms with Crippen molar-refractivity contribution in [1.82, 2.24) is 4.98 Å².